The van der Waals surface area contributed by atoms with Crippen molar-refractivity contribution in [3.63, 3.8) is 0 Å². The van der Waals surface area contributed by atoms with Gasteiger partial charge in [-0.1, -0.05) is 49.1 Å². The van der Waals surface area contributed by atoms with Crippen LogP contribution in [0, 0.1) is 0 Å². The van der Waals surface area contributed by atoms with Crippen LogP contribution in [0.4, 0.5) is 0 Å². The lowest BCUT2D eigenvalue weighted by Crippen LogP contribution is -2.48. The summed E-state index contributed by atoms with van der Waals surface area (Å²) in [6.07, 6.45) is 4.29. The van der Waals surface area contributed by atoms with Gasteiger partial charge in [0.05, 0.1) is 13.7 Å². The topological polar surface area (TPSA) is 23.5 Å². The van der Waals surface area contributed by atoms with Crippen LogP contribution >= 0.6 is 0 Å². The van der Waals surface area contributed by atoms with E-state index in [2.05, 4.69) is 55.9 Å². The predicted molar refractivity (Wildman–Crippen MR) is 87.1 cm³/mol. The van der Waals surface area contributed by atoms with E-state index in [0.29, 0.717) is 12.1 Å². The molecule has 110 valence electrons. The number of rotatable bonds is 2. The first-order chi connectivity index (χ1) is 9.29. The molecule has 2 aliphatic rings. The van der Waals surface area contributed by atoms with Crippen molar-refractivity contribution in [1.82, 2.24) is 4.90 Å². The van der Waals surface area contributed by atoms with Crippen LogP contribution in [0.25, 0.3) is 0 Å². The Morgan fingerprint density at radius 2 is 1.75 bits per heavy atom. The fraction of sp³-hybridized carbons (Fsp3) is 0.647. The van der Waals surface area contributed by atoms with Crippen LogP contribution in [-0.4, -0.2) is 37.2 Å². The number of fused-ring (bicyclic) bond motifs is 2. The van der Waals surface area contributed by atoms with E-state index in [-0.39, 0.29) is 0 Å². The largest absolute Gasteiger partial charge is 0.385 e. The van der Waals surface area contributed by atoms with Crippen LogP contribution in [0.15, 0.2) is 24.3 Å². The van der Waals surface area contributed by atoms with Crippen LogP contribution in [0.2, 0.25) is 19.6 Å². The number of hydrogen-bond donors (Lipinski definition) is 1. The molecule has 0 amide bonds. The monoisotopic (exact) mass is 289 g/mol. The molecule has 0 radical (unpaired) electrons. The van der Waals surface area contributed by atoms with Crippen molar-refractivity contribution in [1.29, 1.82) is 0 Å². The van der Waals surface area contributed by atoms with Gasteiger partial charge in [0.15, 0.2) is 0 Å². The third-order valence-corrected chi connectivity index (χ3v) is 7.44. The van der Waals surface area contributed by atoms with E-state index >= 15 is 0 Å². The lowest BCUT2D eigenvalue weighted by Gasteiger charge is -2.42. The number of aliphatic hydroxyl groups is 1. The second kappa shape index (κ2) is 4.69. The first-order valence-corrected chi connectivity index (χ1v) is 11.3. The Bertz CT molecular complexity index is 494. The molecule has 2 fully saturated rings. The lowest BCUT2D eigenvalue weighted by molar-refractivity contribution is -0.0492. The minimum atomic E-state index is -1.31. The number of hydrogen-bond acceptors (Lipinski definition) is 2. The second-order valence-electron chi connectivity index (χ2n) is 7.82. The minimum absolute atomic E-state index is 0.564. The zero-order chi connectivity index (χ0) is 14.5. The van der Waals surface area contributed by atoms with Gasteiger partial charge in [0.1, 0.15) is 0 Å². The molecule has 1 aromatic rings. The second-order valence-corrected chi connectivity index (χ2v) is 12.9. The Hall–Kier alpha value is -0.643. The molecule has 20 heavy (non-hydrogen) atoms. The zero-order valence-electron chi connectivity index (χ0n) is 13.2. The molecule has 1 N–H and O–H groups in total. The quantitative estimate of drug-likeness (QED) is 0.846. The Labute approximate surface area is 123 Å². The molecule has 2 nitrogen and oxygen atoms in total. The molecule has 2 saturated heterocycles. The summed E-state index contributed by atoms with van der Waals surface area (Å²) in [7, 11) is 0.908. The summed E-state index contributed by atoms with van der Waals surface area (Å²) in [6.45, 7) is 7.11. The summed E-state index contributed by atoms with van der Waals surface area (Å²) in [5.41, 5.74) is 0.552. The Balaban J connectivity index is 1.93. The first kappa shape index (κ1) is 14.3. The number of piperidine rings is 1. The molecular weight excluding hydrogens is 262 g/mol. The summed E-state index contributed by atoms with van der Waals surface area (Å²) in [5.74, 6) is 0. The summed E-state index contributed by atoms with van der Waals surface area (Å²) in [5, 5.41) is 12.7. The summed E-state index contributed by atoms with van der Waals surface area (Å²) in [6, 6.07) is 9.93. The third-order valence-electron chi connectivity index (χ3n) is 5.40. The average molecular weight is 289 g/mol. The van der Waals surface area contributed by atoms with Gasteiger partial charge in [0.25, 0.3) is 0 Å². The maximum Gasteiger partial charge on any atom is 0.0926 e. The first-order valence-electron chi connectivity index (χ1n) is 7.85. The van der Waals surface area contributed by atoms with Gasteiger partial charge in [-0.3, -0.25) is 0 Å². The highest BCUT2D eigenvalue weighted by molar-refractivity contribution is 6.88. The molecule has 3 heteroatoms. The minimum Gasteiger partial charge on any atom is -0.385 e. The summed E-state index contributed by atoms with van der Waals surface area (Å²) < 4.78 is 0. The van der Waals surface area contributed by atoms with Crippen LogP contribution in [0.5, 0.6) is 0 Å². The highest BCUT2D eigenvalue weighted by Crippen LogP contribution is 2.44. The van der Waals surface area contributed by atoms with Gasteiger partial charge in [0.2, 0.25) is 0 Å². The van der Waals surface area contributed by atoms with Crippen LogP contribution in [-0.2, 0) is 5.60 Å². The molecule has 2 aliphatic heterocycles. The third kappa shape index (κ3) is 2.36. The Kier molecular flexibility index (Phi) is 3.35. The average Bonchev–Trinajstić information content (AvgIpc) is 2.62. The van der Waals surface area contributed by atoms with Crippen molar-refractivity contribution < 1.29 is 5.11 Å². The van der Waals surface area contributed by atoms with Crippen molar-refractivity contribution in [3.05, 3.63) is 29.8 Å². The van der Waals surface area contributed by atoms with E-state index in [4.69, 9.17) is 0 Å². The van der Waals surface area contributed by atoms with Gasteiger partial charge in [-0.15, -0.1) is 0 Å². The molecule has 0 aliphatic carbocycles. The van der Waals surface area contributed by atoms with Crippen molar-refractivity contribution in [3.8, 4) is 0 Å². The Morgan fingerprint density at radius 3 is 2.30 bits per heavy atom. The lowest BCUT2D eigenvalue weighted by atomic mass is 9.81. The van der Waals surface area contributed by atoms with Gasteiger partial charge in [-0.05, 0) is 38.3 Å². The fourth-order valence-corrected chi connectivity index (χ4v) is 5.14. The van der Waals surface area contributed by atoms with Gasteiger partial charge in [-0.2, -0.15) is 0 Å². The molecule has 1 aromatic carbocycles. The maximum absolute atomic E-state index is 11.2. The van der Waals surface area contributed by atoms with Crippen molar-refractivity contribution >= 4 is 13.3 Å². The molecule has 0 aromatic heterocycles. The molecule has 2 bridgehead atoms. The summed E-state index contributed by atoms with van der Waals surface area (Å²) in [4.78, 5) is 2.48. The van der Waals surface area contributed by atoms with Crippen LogP contribution in [0.3, 0.4) is 0 Å². The zero-order valence-corrected chi connectivity index (χ0v) is 14.2. The number of nitrogens with zero attached hydrogens (tertiary/aromatic N) is 1. The van der Waals surface area contributed by atoms with E-state index in [1.807, 2.05) is 0 Å². The molecular formula is C17H27NOSi. The van der Waals surface area contributed by atoms with Gasteiger partial charge < -0.3 is 10.0 Å². The van der Waals surface area contributed by atoms with Crippen LogP contribution in [0.1, 0.15) is 31.2 Å². The Morgan fingerprint density at radius 1 is 1.15 bits per heavy atom. The van der Waals surface area contributed by atoms with Crippen molar-refractivity contribution in [2.24, 2.45) is 0 Å². The highest BCUT2D eigenvalue weighted by atomic mass is 28.3. The predicted octanol–water partition coefficient (Wildman–Crippen LogP) is 2.68. The van der Waals surface area contributed by atoms with E-state index in [0.717, 1.165) is 18.4 Å². The SMILES string of the molecule is CN1C2CCC1CC(O)(c1cccc([Si](C)(C)C)c1)C2. The van der Waals surface area contributed by atoms with E-state index in [9.17, 15) is 5.11 Å². The maximum atomic E-state index is 11.2. The molecule has 3 rings (SSSR count). The summed E-state index contributed by atoms with van der Waals surface area (Å²) >= 11 is 0. The molecule has 0 saturated carbocycles. The molecule has 2 atom stereocenters. The van der Waals surface area contributed by atoms with Crippen molar-refractivity contribution in [2.75, 3.05) is 7.05 Å². The smallest absolute Gasteiger partial charge is 0.0926 e. The number of benzene rings is 1. The van der Waals surface area contributed by atoms with Crippen LogP contribution < -0.4 is 5.19 Å². The standard InChI is InChI=1S/C17H27NOSi/c1-18-14-8-9-15(18)12-17(19,11-14)13-6-5-7-16(10-13)20(2,3)4/h5-7,10,14-15,19H,8-9,11-12H2,1-4H3. The molecule has 0 spiro atoms. The van der Waals surface area contributed by atoms with Gasteiger partial charge in [-0.25, -0.2) is 0 Å². The van der Waals surface area contributed by atoms with E-state index < -0.39 is 13.7 Å². The van der Waals surface area contributed by atoms with E-state index in [1.54, 1.807) is 0 Å². The fourth-order valence-electron chi connectivity index (χ4n) is 3.96. The molecule has 2 unspecified atom stereocenters. The van der Waals surface area contributed by atoms with E-state index in [1.165, 1.54) is 18.0 Å². The van der Waals surface area contributed by atoms with Crippen molar-refractivity contribution in [2.45, 2.75) is 63.0 Å². The van der Waals surface area contributed by atoms with Gasteiger partial charge >= 0.3 is 0 Å². The van der Waals surface area contributed by atoms with Gasteiger partial charge in [0, 0.05) is 12.1 Å². The molecule has 2 heterocycles. The normalized spacial score (nSPS) is 34.5. The highest BCUT2D eigenvalue weighted by Gasteiger charge is 2.46.